The molecule has 2 aromatic carbocycles. The Balaban J connectivity index is 2.19. The summed E-state index contributed by atoms with van der Waals surface area (Å²) in [5, 5.41) is 22.9. The van der Waals surface area contributed by atoms with Gasteiger partial charge in [-0.2, -0.15) is 0 Å². The Bertz CT molecular complexity index is 646. The van der Waals surface area contributed by atoms with Crippen LogP contribution in [0.15, 0.2) is 42.5 Å². The molecule has 0 saturated heterocycles. The third-order valence-electron chi connectivity index (χ3n) is 2.91. The van der Waals surface area contributed by atoms with E-state index in [1.807, 2.05) is 6.92 Å². The molecule has 0 aliphatic rings. The van der Waals surface area contributed by atoms with E-state index in [-0.39, 0.29) is 11.7 Å². The first-order chi connectivity index (χ1) is 9.47. The summed E-state index contributed by atoms with van der Waals surface area (Å²) in [6, 6.07) is 9.95. The van der Waals surface area contributed by atoms with Crippen molar-refractivity contribution in [3.63, 3.8) is 0 Å². The highest BCUT2D eigenvalue weighted by molar-refractivity contribution is 5.49. The minimum atomic E-state index is -0.721. The minimum absolute atomic E-state index is 0.00744. The van der Waals surface area contributed by atoms with Crippen molar-refractivity contribution in [3.05, 3.63) is 64.0 Å². The number of phenolic OH excluding ortho intramolecular Hbond substituents is 1. The number of nitrogens with zero attached hydrogens (tertiary/aromatic N) is 1. The first-order valence-corrected chi connectivity index (χ1v) is 5.97. The number of hydrogen-bond donors (Lipinski definition) is 2. The lowest BCUT2D eigenvalue weighted by molar-refractivity contribution is -0.384. The van der Waals surface area contributed by atoms with E-state index in [4.69, 9.17) is 5.11 Å². The Morgan fingerprint density at radius 2 is 2.05 bits per heavy atom. The van der Waals surface area contributed by atoms with Crippen LogP contribution in [0.25, 0.3) is 0 Å². The van der Waals surface area contributed by atoms with Crippen molar-refractivity contribution in [2.24, 2.45) is 0 Å². The molecule has 0 heterocycles. The molecule has 6 heteroatoms. The lowest BCUT2D eigenvalue weighted by Gasteiger charge is -2.15. The predicted molar refractivity (Wildman–Crippen MR) is 73.2 cm³/mol. The molecular formula is C14H13FN2O3. The average Bonchev–Trinajstić information content (AvgIpc) is 2.43. The number of anilines is 1. The van der Waals surface area contributed by atoms with E-state index in [1.165, 1.54) is 30.3 Å². The lowest BCUT2D eigenvalue weighted by Crippen LogP contribution is -2.07. The SMILES string of the molecule is CC(Nc1ccc(O)c(F)c1)c1cccc([N+](=O)[O-])c1. The van der Waals surface area contributed by atoms with E-state index in [0.29, 0.717) is 11.3 Å². The zero-order chi connectivity index (χ0) is 14.7. The van der Waals surface area contributed by atoms with Gasteiger partial charge in [-0.3, -0.25) is 10.1 Å². The second kappa shape index (κ2) is 5.56. The number of benzene rings is 2. The fraction of sp³-hybridized carbons (Fsp3) is 0.143. The summed E-state index contributed by atoms with van der Waals surface area (Å²) in [4.78, 5) is 10.3. The molecule has 0 aromatic heterocycles. The number of phenols is 1. The molecular weight excluding hydrogens is 263 g/mol. The Morgan fingerprint density at radius 3 is 2.70 bits per heavy atom. The first-order valence-electron chi connectivity index (χ1n) is 5.97. The molecule has 0 radical (unpaired) electrons. The average molecular weight is 276 g/mol. The molecule has 104 valence electrons. The fourth-order valence-electron chi connectivity index (χ4n) is 1.84. The Labute approximate surface area is 114 Å². The van der Waals surface area contributed by atoms with E-state index >= 15 is 0 Å². The van der Waals surface area contributed by atoms with Gasteiger partial charge >= 0.3 is 0 Å². The molecule has 1 unspecified atom stereocenters. The smallest absolute Gasteiger partial charge is 0.269 e. The quantitative estimate of drug-likeness (QED) is 0.508. The summed E-state index contributed by atoms with van der Waals surface area (Å²) in [5.41, 5.74) is 1.21. The fourth-order valence-corrected chi connectivity index (χ4v) is 1.84. The van der Waals surface area contributed by atoms with Crippen LogP contribution in [0.5, 0.6) is 5.75 Å². The number of nitrogens with one attached hydrogen (secondary N) is 1. The van der Waals surface area contributed by atoms with Gasteiger partial charge in [0.15, 0.2) is 11.6 Å². The van der Waals surface area contributed by atoms with E-state index in [9.17, 15) is 14.5 Å². The maximum absolute atomic E-state index is 13.2. The topological polar surface area (TPSA) is 75.4 Å². The molecule has 0 fully saturated rings. The second-order valence-electron chi connectivity index (χ2n) is 4.38. The van der Waals surface area contributed by atoms with Gasteiger partial charge in [0.25, 0.3) is 5.69 Å². The largest absolute Gasteiger partial charge is 0.505 e. The van der Waals surface area contributed by atoms with Gasteiger partial charge in [-0.1, -0.05) is 12.1 Å². The second-order valence-corrected chi connectivity index (χ2v) is 4.38. The standard InChI is InChI=1S/C14H13FN2O3/c1-9(10-3-2-4-12(7-10)17(19)20)16-11-5-6-14(18)13(15)8-11/h2-9,16,18H,1H3. The van der Waals surface area contributed by atoms with Crippen molar-refractivity contribution in [2.75, 3.05) is 5.32 Å². The van der Waals surface area contributed by atoms with Crippen molar-refractivity contribution >= 4 is 11.4 Å². The molecule has 0 spiro atoms. The van der Waals surface area contributed by atoms with Crippen LogP contribution in [-0.4, -0.2) is 10.0 Å². The summed E-state index contributed by atoms with van der Waals surface area (Å²) in [7, 11) is 0. The van der Waals surface area contributed by atoms with Gasteiger partial charge in [-0.15, -0.1) is 0 Å². The number of rotatable bonds is 4. The number of nitro benzene ring substituents is 1. The molecule has 5 nitrogen and oxygen atoms in total. The molecule has 0 aliphatic carbocycles. The van der Waals surface area contributed by atoms with Crippen LogP contribution in [0.3, 0.4) is 0 Å². The van der Waals surface area contributed by atoms with Gasteiger partial charge in [-0.25, -0.2) is 4.39 Å². The van der Waals surface area contributed by atoms with Crippen LogP contribution in [0.2, 0.25) is 0 Å². The van der Waals surface area contributed by atoms with Crippen LogP contribution in [0.1, 0.15) is 18.5 Å². The summed E-state index contributed by atoms with van der Waals surface area (Å²) in [6.07, 6.45) is 0. The van der Waals surface area contributed by atoms with Crippen molar-refractivity contribution in [2.45, 2.75) is 13.0 Å². The van der Waals surface area contributed by atoms with E-state index in [1.54, 1.807) is 12.1 Å². The Kier molecular flexibility index (Phi) is 3.84. The predicted octanol–water partition coefficient (Wildman–Crippen LogP) is 3.61. The zero-order valence-electron chi connectivity index (χ0n) is 10.7. The maximum Gasteiger partial charge on any atom is 0.269 e. The van der Waals surface area contributed by atoms with Gasteiger partial charge in [0, 0.05) is 29.9 Å². The lowest BCUT2D eigenvalue weighted by atomic mass is 10.1. The molecule has 2 N–H and O–H groups in total. The summed E-state index contributed by atoms with van der Waals surface area (Å²) >= 11 is 0. The van der Waals surface area contributed by atoms with Crippen molar-refractivity contribution in [3.8, 4) is 5.75 Å². The molecule has 0 saturated carbocycles. The number of hydrogen-bond acceptors (Lipinski definition) is 4. The van der Waals surface area contributed by atoms with Gasteiger partial charge in [0.05, 0.1) is 4.92 Å². The van der Waals surface area contributed by atoms with E-state index in [2.05, 4.69) is 5.32 Å². The van der Waals surface area contributed by atoms with Crippen LogP contribution >= 0.6 is 0 Å². The van der Waals surface area contributed by atoms with Gasteiger partial charge in [-0.05, 0) is 24.6 Å². The molecule has 0 bridgehead atoms. The van der Waals surface area contributed by atoms with E-state index < -0.39 is 16.5 Å². The molecule has 2 aromatic rings. The number of aromatic hydroxyl groups is 1. The van der Waals surface area contributed by atoms with E-state index in [0.717, 1.165) is 0 Å². The summed E-state index contributed by atoms with van der Waals surface area (Å²) in [5.74, 6) is -1.14. The number of nitro groups is 1. The van der Waals surface area contributed by atoms with Crippen molar-refractivity contribution < 1.29 is 14.4 Å². The normalized spacial score (nSPS) is 11.9. The molecule has 20 heavy (non-hydrogen) atoms. The van der Waals surface area contributed by atoms with Crippen LogP contribution in [0.4, 0.5) is 15.8 Å². The third kappa shape index (κ3) is 3.03. The van der Waals surface area contributed by atoms with Gasteiger partial charge < -0.3 is 10.4 Å². The van der Waals surface area contributed by atoms with Crippen molar-refractivity contribution in [1.82, 2.24) is 0 Å². The molecule has 2 rings (SSSR count). The highest BCUT2D eigenvalue weighted by Gasteiger charge is 2.11. The monoisotopic (exact) mass is 276 g/mol. The first kappa shape index (κ1) is 13.8. The van der Waals surface area contributed by atoms with Crippen LogP contribution < -0.4 is 5.32 Å². The molecule has 0 amide bonds. The number of halogens is 1. The Morgan fingerprint density at radius 1 is 1.30 bits per heavy atom. The summed E-state index contributed by atoms with van der Waals surface area (Å²) < 4.78 is 13.2. The zero-order valence-corrected chi connectivity index (χ0v) is 10.7. The van der Waals surface area contributed by atoms with Crippen LogP contribution in [0, 0.1) is 15.9 Å². The minimum Gasteiger partial charge on any atom is -0.505 e. The maximum atomic E-state index is 13.2. The van der Waals surface area contributed by atoms with Gasteiger partial charge in [0.1, 0.15) is 0 Å². The Hall–Kier alpha value is -2.63. The number of non-ortho nitro benzene ring substituents is 1. The third-order valence-corrected chi connectivity index (χ3v) is 2.91. The van der Waals surface area contributed by atoms with Gasteiger partial charge in [0.2, 0.25) is 0 Å². The molecule has 1 atom stereocenters. The van der Waals surface area contributed by atoms with Crippen LogP contribution in [-0.2, 0) is 0 Å². The highest BCUT2D eigenvalue weighted by atomic mass is 19.1. The highest BCUT2D eigenvalue weighted by Crippen LogP contribution is 2.25. The summed E-state index contributed by atoms with van der Waals surface area (Å²) in [6.45, 7) is 1.81. The molecule has 0 aliphatic heterocycles. The van der Waals surface area contributed by atoms with Crippen molar-refractivity contribution in [1.29, 1.82) is 0 Å².